The van der Waals surface area contributed by atoms with Gasteiger partial charge in [0.05, 0.1) is 12.2 Å². The van der Waals surface area contributed by atoms with Gasteiger partial charge in [-0.2, -0.15) is 0 Å². The summed E-state index contributed by atoms with van der Waals surface area (Å²) in [6, 6.07) is 0.503. The zero-order valence-electron chi connectivity index (χ0n) is 10.7. The first-order valence-electron chi connectivity index (χ1n) is 5.84. The molecular formula is C12H25NO2. The fraction of sp³-hybridized carbons (Fsp3) is 1.00. The largest absolute Gasteiger partial charge is 0.393 e. The molecule has 90 valence electrons. The summed E-state index contributed by atoms with van der Waals surface area (Å²) in [6.45, 7) is 9.98. The molecule has 0 aromatic heterocycles. The van der Waals surface area contributed by atoms with Gasteiger partial charge in [0.1, 0.15) is 0 Å². The molecule has 0 amide bonds. The van der Waals surface area contributed by atoms with E-state index in [9.17, 15) is 5.11 Å². The third-order valence-corrected chi connectivity index (χ3v) is 3.69. The van der Waals surface area contributed by atoms with Crippen LogP contribution in [0.1, 0.15) is 34.1 Å². The van der Waals surface area contributed by atoms with Gasteiger partial charge in [0.2, 0.25) is 0 Å². The lowest BCUT2D eigenvalue weighted by Gasteiger charge is -2.36. The third-order valence-electron chi connectivity index (χ3n) is 3.69. The van der Waals surface area contributed by atoms with Crippen molar-refractivity contribution < 1.29 is 9.84 Å². The van der Waals surface area contributed by atoms with E-state index in [1.807, 2.05) is 6.92 Å². The maximum Gasteiger partial charge on any atom is 0.0702 e. The Balaban J connectivity index is 2.51. The summed E-state index contributed by atoms with van der Waals surface area (Å²) in [5.74, 6) is 0. The maximum absolute atomic E-state index is 9.68. The second-order valence-corrected chi connectivity index (χ2v) is 5.51. The minimum atomic E-state index is -0.280. The Labute approximate surface area is 93.4 Å². The van der Waals surface area contributed by atoms with Crippen LogP contribution in [0.2, 0.25) is 0 Å². The highest BCUT2D eigenvalue weighted by Crippen LogP contribution is 2.25. The second kappa shape index (κ2) is 4.81. The first-order chi connectivity index (χ1) is 6.84. The molecule has 0 aliphatic carbocycles. The van der Waals surface area contributed by atoms with Gasteiger partial charge in [-0.25, -0.2) is 0 Å². The van der Waals surface area contributed by atoms with E-state index >= 15 is 0 Å². The average Bonchev–Trinajstić information content (AvgIpc) is 2.50. The summed E-state index contributed by atoms with van der Waals surface area (Å²) in [5, 5.41) is 9.68. The molecule has 0 saturated carbocycles. The molecule has 1 fully saturated rings. The molecule has 3 unspecified atom stereocenters. The summed E-state index contributed by atoms with van der Waals surface area (Å²) in [5.41, 5.74) is -0.0585. The number of nitrogens with zero attached hydrogens (tertiary/aromatic N) is 1. The summed E-state index contributed by atoms with van der Waals surface area (Å²) >= 11 is 0. The highest BCUT2D eigenvalue weighted by molar-refractivity contribution is 4.85. The maximum atomic E-state index is 9.68. The number of hydrogen-bond acceptors (Lipinski definition) is 3. The Morgan fingerprint density at radius 2 is 2.13 bits per heavy atom. The van der Waals surface area contributed by atoms with Crippen LogP contribution in [0.5, 0.6) is 0 Å². The van der Waals surface area contributed by atoms with Crippen LogP contribution in [0.3, 0.4) is 0 Å². The monoisotopic (exact) mass is 215 g/mol. The smallest absolute Gasteiger partial charge is 0.0702 e. The van der Waals surface area contributed by atoms with Crippen LogP contribution >= 0.6 is 0 Å². The van der Waals surface area contributed by atoms with Gasteiger partial charge >= 0.3 is 0 Å². The zero-order chi connectivity index (χ0) is 11.6. The molecule has 0 bridgehead atoms. The normalized spacial score (nSPS) is 29.8. The Hall–Kier alpha value is -0.120. The molecule has 3 atom stereocenters. The molecule has 0 spiro atoms. The predicted octanol–water partition coefficient (Wildman–Crippen LogP) is 1.50. The predicted molar refractivity (Wildman–Crippen MR) is 61.9 cm³/mol. The first kappa shape index (κ1) is 12.9. The average molecular weight is 215 g/mol. The van der Waals surface area contributed by atoms with E-state index in [1.54, 1.807) is 0 Å². The highest BCUT2D eigenvalue weighted by atomic mass is 16.5. The van der Waals surface area contributed by atoms with Crippen molar-refractivity contribution >= 4 is 0 Å². The second-order valence-electron chi connectivity index (χ2n) is 5.51. The number of ether oxygens (including phenoxy) is 1. The van der Waals surface area contributed by atoms with Crippen molar-refractivity contribution in [2.75, 3.05) is 20.2 Å². The molecule has 3 nitrogen and oxygen atoms in total. The lowest BCUT2D eigenvalue weighted by Crippen LogP contribution is -2.45. The van der Waals surface area contributed by atoms with Gasteiger partial charge in [-0.15, -0.1) is 0 Å². The van der Waals surface area contributed by atoms with E-state index in [4.69, 9.17) is 4.74 Å². The van der Waals surface area contributed by atoms with Crippen LogP contribution in [-0.2, 0) is 4.74 Å². The SMILES string of the molecule is CC1OCCC1N(C)CC(C)(C)C(C)O. The molecule has 15 heavy (non-hydrogen) atoms. The van der Waals surface area contributed by atoms with Crippen molar-refractivity contribution in [2.24, 2.45) is 5.41 Å². The fourth-order valence-electron chi connectivity index (χ4n) is 2.19. The molecule has 1 rings (SSSR count). The molecule has 1 heterocycles. The summed E-state index contributed by atoms with van der Waals surface area (Å²) < 4.78 is 5.56. The minimum Gasteiger partial charge on any atom is -0.393 e. The molecule has 3 heteroatoms. The lowest BCUT2D eigenvalue weighted by molar-refractivity contribution is 0.0168. The van der Waals surface area contributed by atoms with Gasteiger partial charge in [0.15, 0.2) is 0 Å². The van der Waals surface area contributed by atoms with Crippen LogP contribution in [0.4, 0.5) is 0 Å². The summed E-state index contributed by atoms with van der Waals surface area (Å²) in [7, 11) is 2.12. The third kappa shape index (κ3) is 3.16. The minimum absolute atomic E-state index is 0.0585. The van der Waals surface area contributed by atoms with Gasteiger partial charge in [-0.3, -0.25) is 0 Å². The van der Waals surface area contributed by atoms with Crippen LogP contribution < -0.4 is 0 Å². The summed E-state index contributed by atoms with van der Waals surface area (Å²) in [4.78, 5) is 2.32. The van der Waals surface area contributed by atoms with E-state index in [0.29, 0.717) is 12.1 Å². The van der Waals surface area contributed by atoms with Gasteiger partial charge in [-0.1, -0.05) is 13.8 Å². The Morgan fingerprint density at radius 3 is 2.53 bits per heavy atom. The van der Waals surface area contributed by atoms with E-state index < -0.39 is 0 Å². The number of aliphatic hydroxyl groups is 1. The van der Waals surface area contributed by atoms with E-state index in [0.717, 1.165) is 19.6 Å². The lowest BCUT2D eigenvalue weighted by atomic mass is 9.86. The molecule has 1 N–H and O–H groups in total. The van der Waals surface area contributed by atoms with Gasteiger partial charge in [0, 0.05) is 24.6 Å². The number of hydrogen-bond donors (Lipinski definition) is 1. The van der Waals surface area contributed by atoms with E-state index in [-0.39, 0.29) is 11.5 Å². The molecule has 1 aliphatic rings. The van der Waals surface area contributed by atoms with Gasteiger partial charge < -0.3 is 14.7 Å². The van der Waals surface area contributed by atoms with Gasteiger partial charge in [0.25, 0.3) is 0 Å². The molecule has 1 saturated heterocycles. The van der Waals surface area contributed by atoms with Crippen molar-refractivity contribution in [3.8, 4) is 0 Å². The standard InChI is InChI=1S/C12H25NO2/c1-9-11(6-7-15-9)13(5)8-12(3,4)10(2)14/h9-11,14H,6-8H2,1-5H3. The fourth-order valence-corrected chi connectivity index (χ4v) is 2.19. The molecule has 0 aromatic carbocycles. The first-order valence-corrected chi connectivity index (χ1v) is 5.84. The van der Waals surface area contributed by atoms with Crippen LogP contribution in [-0.4, -0.2) is 48.5 Å². The van der Waals surface area contributed by atoms with E-state index in [2.05, 4.69) is 32.7 Å². The summed E-state index contributed by atoms with van der Waals surface area (Å²) in [6.07, 6.45) is 1.14. The number of rotatable bonds is 4. The Morgan fingerprint density at radius 1 is 1.53 bits per heavy atom. The quantitative estimate of drug-likeness (QED) is 0.771. The molecule has 1 aliphatic heterocycles. The molecule has 0 aromatic rings. The number of likely N-dealkylation sites (N-methyl/N-ethyl adjacent to an activating group) is 1. The van der Waals surface area contributed by atoms with E-state index in [1.165, 1.54) is 0 Å². The molecule has 0 radical (unpaired) electrons. The Kier molecular flexibility index (Phi) is 4.15. The van der Waals surface area contributed by atoms with Gasteiger partial charge in [-0.05, 0) is 27.3 Å². The zero-order valence-corrected chi connectivity index (χ0v) is 10.7. The van der Waals surface area contributed by atoms with Crippen molar-refractivity contribution in [2.45, 2.75) is 52.4 Å². The Bertz CT molecular complexity index is 204. The van der Waals surface area contributed by atoms with Crippen molar-refractivity contribution in [1.29, 1.82) is 0 Å². The van der Waals surface area contributed by atoms with Crippen molar-refractivity contribution in [3.05, 3.63) is 0 Å². The highest BCUT2D eigenvalue weighted by Gasteiger charge is 2.33. The van der Waals surface area contributed by atoms with Crippen LogP contribution in [0.25, 0.3) is 0 Å². The van der Waals surface area contributed by atoms with Crippen molar-refractivity contribution in [3.63, 3.8) is 0 Å². The number of aliphatic hydroxyl groups excluding tert-OH is 1. The molecular weight excluding hydrogens is 190 g/mol. The van der Waals surface area contributed by atoms with Crippen LogP contribution in [0, 0.1) is 5.41 Å². The topological polar surface area (TPSA) is 32.7 Å². The van der Waals surface area contributed by atoms with Crippen molar-refractivity contribution in [1.82, 2.24) is 4.90 Å². The van der Waals surface area contributed by atoms with Crippen LogP contribution in [0.15, 0.2) is 0 Å².